The van der Waals surface area contributed by atoms with E-state index >= 15 is 0 Å². The van der Waals surface area contributed by atoms with Crippen LogP contribution in [0.3, 0.4) is 0 Å². The second-order valence-electron chi connectivity index (χ2n) is 9.34. The van der Waals surface area contributed by atoms with E-state index in [2.05, 4.69) is 32.9 Å². The third kappa shape index (κ3) is 1.84. The molecule has 5 rings (SSSR count). The van der Waals surface area contributed by atoms with E-state index in [4.69, 9.17) is 14.2 Å². The van der Waals surface area contributed by atoms with E-state index in [9.17, 15) is 5.11 Å². The summed E-state index contributed by atoms with van der Waals surface area (Å²) in [7, 11) is 1.68. The molecular weight excluding hydrogens is 328 g/mol. The highest BCUT2D eigenvalue weighted by Crippen LogP contribution is 2.67. The maximum absolute atomic E-state index is 12.0. The summed E-state index contributed by atoms with van der Waals surface area (Å²) in [5.74, 6) is 2.73. The maximum atomic E-state index is 12.0. The van der Waals surface area contributed by atoms with Gasteiger partial charge in [-0.3, -0.25) is 0 Å². The molecule has 4 atom stereocenters. The topological polar surface area (TPSA) is 47.9 Å². The summed E-state index contributed by atoms with van der Waals surface area (Å²) < 4.78 is 18.5. The zero-order valence-corrected chi connectivity index (χ0v) is 16.1. The van der Waals surface area contributed by atoms with E-state index in [1.807, 2.05) is 6.07 Å². The van der Waals surface area contributed by atoms with Gasteiger partial charge in [-0.1, -0.05) is 12.5 Å². The lowest BCUT2D eigenvalue weighted by Crippen LogP contribution is -2.67. The van der Waals surface area contributed by atoms with Crippen molar-refractivity contribution in [3.63, 3.8) is 0 Å². The number of benzene rings is 1. The van der Waals surface area contributed by atoms with Gasteiger partial charge in [0.15, 0.2) is 17.6 Å². The third-order valence-corrected chi connectivity index (χ3v) is 6.89. The summed E-state index contributed by atoms with van der Waals surface area (Å²) in [6.07, 6.45) is 6.50. The molecule has 0 amide bonds. The number of hydrogen-bond acceptors (Lipinski definition) is 4. The number of hydrogen-bond donors (Lipinski definition) is 1. The van der Waals surface area contributed by atoms with Gasteiger partial charge in [-0.2, -0.15) is 0 Å². The number of methoxy groups -OCH3 is 1. The average molecular weight is 356 g/mol. The normalized spacial score (nSPS) is 36.7. The van der Waals surface area contributed by atoms with Crippen LogP contribution in [0.5, 0.6) is 11.5 Å². The van der Waals surface area contributed by atoms with Gasteiger partial charge in [-0.25, -0.2) is 0 Å². The fraction of sp³-hybridized carbons (Fsp3) is 0.636. The Morgan fingerprint density at radius 2 is 2.08 bits per heavy atom. The van der Waals surface area contributed by atoms with Crippen LogP contribution in [-0.4, -0.2) is 29.5 Å². The zero-order valence-electron chi connectivity index (χ0n) is 16.1. The van der Waals surface area contributed by atoms with Crippen molar-refractivity contribution in [3.05, 3.63) is 35.1 Å². The van der Waals surface area contributed by atoms with Gasteiger partial charge in [-0.05, 0) is 70.1 Å². The van der Waals surface area contributed by atoms with Crippen LogP contribution in [-0.2, 0) is 16.6 Å². The molecule has 4 aliphatic rings. The van der Waals surface area contributed by atoms with E-state index in [0.717, 1.165) is 42.9 Å². The monoisotopic (exact) mass is 356 g/mol. The Bertz CT molecular complexity index is 805. The van der Waals surface area contributed by atoms with E-state index in [1.165, 1.54) is 11.1 Å². The standard InChI is InChI=1S/C22H28O4/c1-20(2,3)26-16-9-11-22(23)14-6-5-10-21(22)17-13(12-14)7-8-15(24-4)18(17)25-19(16)21/h7-9,14,19,23H,5-6,10-12H2,1-4H3/t14-,19+,21+,22-/m1/s1. The lowest BCUT2D eigenvalue weighted by molar-refractivity contribution is -0.156. The molecule has 1 aromatic rings. The number of rotatable bonds is 2. The Balaban J connectivity index is 1.76. The quantitative estimate of drug-likeness (QED) is 0.873. The molecular formula is C22H28O4. The molecule has 0 radical (unpaired) electrons. The van der Waals surface area contributed by atoms with Gasteiger partial charge in [0, 0.05) is 5.56 Å². The van der Waals surface area contributed by atoms with Crippen molar-refractivity contribution in [1.82, 2.24) is 0 Å². The van der Waals surface area contributed by atoms with Crippen LogP contribution in [0.1, 0.15) is 57.6 Å². The Labute approximate surface area is 155 Å². The molecule has 0 aromatic heterocycles. The van der Waals surface area contributed by atoms with Crippen molar-refractivity contribution >= 4 is 0 Å². The molecule has 0 unspecified atom stereocenters. The van der Waals surface area contributed by atoms with E-state index in [1.54, 1.807) is 7.11 Å². The minimum atomic E-state index is -0.759. The average Bonchev–Trinajstić information content (AvgIpc) is 2.90. The van der Waals surface area contributed by atoms with Crippen LogP contribution >= 0.6 is 0 Å². The molecule has 1 heterocycles. The van der Waals surface area contributed by atoms with Gasteiger partial charge < -0.3 is 19.3 Å². The Morgan fingerprint density at radius 1 is 1.27 bits per heavy atom. The van der Waals surface area contributed by atoms with Crippen LogP contribution < -0.4 is 9.47 Å². The Kier molecular flexibility index (Phi) is 3.16. The smallest absolute Gasteiger partial charge is 0.168 e. The first-order chi connectivity index (χ1) is 12.3. The molecule has 140 valence electrons. The van der Waals surface area contributed by atoms with Gasteiger partial charge in [0.1, 0.15) is 11.4 Å². The van der Waals surface area contributed by atoms with E-state index in [-0.39, 0.29) is 17.6 Å². The summed E-state index contributed by atoms with van der Waals surface area (Å²) in [5.41, 5.74) is 1.03. The summed E-state index contributed by atoms with van der Waals surface area (Å²) in [4.78, 5) is 0. The van der Waals surface area contributed by atoms with Crippen molar-refractivity contribution in [2.75, 3.05) is 7.11 Å². The molecule has 1 fully saturated rings. The van der Waals surface area contributed by atoms with Crippen molar-refractivity contribution < 1.29 is 19.3 Å². The minimum Gasteiger partial charge on any atom is -0.493 e. The molecule has 26 heavy (non-hydrogen) atoms. The predicted molar refractivity (Wildman–Crippen MR) is 98.6 cm³/mol. The largest absolute Gasteiger partial charge is 0.493 e. The van der Waals surface area contributed by atoms with Crippen LogP contribution in [0, 0.1) is 5.92 Å². The van der Waals surface area contributed by atoms with Crippen molar-refractivity contribution in [3.8, 4) is 11.5 Å². The first-order valence-electron chi connectivity index (χ1n) is 9.78. The summed E-state index contributed by atoms with van der Waals surface area (Å²) >= 11 is 0. The molecule has 1 N–H and O–H groups in total. The van der Waals surface area contributed by atoms with E-state index < -0.39 is 11.0 Å². The summed E-state index contributed by atoms with van der Waals surface area (Å²) in [6.45, 7) is 6.18. The van der Waals surface area contributed by atoms with Crippen LogP contribution in [0.4, 0.5) is 0 Å². The number of aliphatic hydroxyl groups is 1. The van der Waals surface area contributed by atoms with Gasteiger partial charge in [0.05, 0.1) is 18.1 Å². The molecule has 1 aliphatic heterocycles. The predicted octanol–water partition coefficient (Wildman–Crippen LogP) is 3.88. The molecule has 4 heteroatoms. The van der Waals surface area contributed by atoms with Gasteiger partial charge in [0.25, 0.3) is 0 Å². The van der Waals surface area contributed by atoms with E-state index in [0.29, 0.717) is 6.42 Å². The minimum absolute atomic E-state index is 0.270. The van der Waals surface area contributed by atoms with Crippen LogP contribution in [0.25, 0.3) is 0 Å². The highest BCUT2D eigenvalue weighted by Gasteiger charge is 2.70. The van der Waals surface area contributed by atoms with Crippen LogP contribution in [0.2, 0.25) is 0 Å². The lowest BCUT2D eigenvalue weighted by atomic mass is 9.47. The molecule has 1 saturated carbocycles. The molecule has 0 saturated heterocycles. The SMILES string of the molecule is COc1ccc2c3c1O[C@H]1C(OC(C)(C)C)=CC[C@@]4(O)[C@H](CCC[C@]314)C2. The highest BCUT2D eigenvalue weighted by atomic mass is 16.6. The van der Waals surface area contributed by atoms with Crippen molar-refractivity contribution in [2.24, 2.45) is 5.92 Å². The lowest BCUT2D eigenvalue weighted by Gasteiger charge is -2.59. The molecule has 1 spiro atoms. The van der Waals surface area contributed by atoms with Crippen LogP contribution in [0.15, 0.2) is 24.0 Å². The highest BCUT2D eigenvalue weighted by molar-refractivity contribution is 5.63. The van der Waals surface area contributed by atoms with Gasteiger partial charge >= 0.3 is 0 Å². The van der Waals surface area contributed by atoms with Crippen molar-refractivity contribution in [2.45, 2.75) is 75.6 Å². The Hall–Kier alpha value is -1.68. The molecule has 3 aliphatic carbocycles. The second kappa shape index (κ2) is 4.98. The second-order valence-corrected chi connectivity index (χ2v) is 9.34. The molecule has 2 bridgehead atoms. The molecule has 1 aromatic carbocycles. The Morgan fingerprint density at radius 3 is 2.81 bits per heavy atom. The first-order valence-corrected chi connectivity index (χ1v) is 9.78. The third-order valence-electron chi connectivity index (χ3n) is 6.89. The molecule has 4 nitrogen and oxygen atoms in total. The zero-order chi connectivity index (χ0) is 18.3. The fourth-order valence-corrected chi connectivity index (χ4v) is 6.04. The fourth-order valence-electron chi connectivity index (χ4n) is 6.04. The maximum Gasteiger partial charge on any atom is 0.168 e. The van der Waals surface area contributed by atoms with Gasteiger partial charge in [-0.15, -0.1) is 0 Å². The first kappa shape index (κ1) is 16.5. The summed E-state index contributed by atoms with van der Waals surface area (Å²) in [6, 6.07) is 4.18. The van der Waals surface area contributed by atoms with Crippen molar-refractivity contribution in [1.29, 1.82) is 0 Å². The number of ether oxygens (including phenoxy) is 3. The van der Waals surface area contributed by atoms with Gasteiger partial charge in [0.2, 0.25) is 0 Å². The summed E-state index contributed by atoms with van der Waals surface area (Å²) in [5, 5.41) is 12.0.